The molecule has 0 fully saturated rings. The van der Waals surface area contributed by atoms with Crippen LogP contribution in [0.4, 0.5) is 10.7 Å². The van der Waals surface area contributed by atoms with Crippen LogP contribution in [0.15, 0.2) is 24.3 Å². The summed E-state index contributed by atoms with van der Waals surface area (Å²) < 4.78 is 5.20. The van der Waals surface area contributed by atoms with Crippen LogP contribution in [-0.2, 0) is 14.3 Å². The topological polar surface area (TPSA) is 105 Å². The second kappa shape index (κ2) is 9.95. The molecule has 0 aliphatic rings. The quantitative estimate of drug-likeness (QED) is 0.639. The molecule has 0 atom stereocenters. The summed E-state index contributed by atoms with van der Waals surface area (Å²) in [6, 6.07) is 6.41. The molecule has 9 heteroatoms. The van der Waals surface area contributed by atoms with Crippen molar-refractivity contribution >= 4 is 45.7 Å². The highest BCUT2D eigenvalue weighted by Crippen LogP contribution is 2.34. The Morgan fingerprint density at radius 1 is 1.00 bits per heavy atom. The summed E-state index contributed by atoms with van der Waals surface area (Å²) in [7, 11) is 3.31. The lowest BCUT2D eigenvalue weighted by Crippen LogP contribution is -2.28. The maximum absolute atomic E-state index is 12.7. The fourth-order valence-electron chi connectivity index (χ4n) is 2.61. The van der Waals surface area contributed by atoms with Crippen molar-refractivity contribution in [2.75, 3.05) is 31.3 Å². The molecule has 3 amide bonds. The second-order valence-corrected chi connectivity index (χ2v) is 9.82. The van der Waals surface area contributed by atoms with Crippen LogP contribution in [0, 0.1) is 19.3 Å². The largest absolute Gasteiger partial charge is 0.452 e. The summed E-state index contributed by atoms with van der Waals surface area (Å²) >= 11 is 1.29. The smallest absolute Gasteiger partial charge is 0.341 e. The molecule has 0 unspecified atom stereocenters. The molecule has 0 saturated carbocycles. The van der Waals surface area contributed by atoms with E-state index in [2.05, 4.69) is 10.6 Å². The number of thiophene rings is 1. The third kappa shape index (κ3) is 6.16. The summed E-state index contributed by atoms with van der Waals surface area (Å²) in [5.74, 6) is -1.57. The Labute approximate surface area is 191 Å². The number of benzene rings is 1. The van der Waals surface area contributed by atoms with Gasteiger partial charge in [-0.2, -0.15) is 0 Å². The molecular weight excluding hydrogens is 430 g/mol. The molecule has 2 aromatic rings. The molecule has 2 rings (SSSR count). The van der Waals surface area contributed by atoms with Crippen molar-refractivity contribution in [2.45, 2.75) is 34.6 Å². The van der Waals surface area contributed by atoms with Gasteiger partial charge in [-0.3, -0.25) is 14.4 Å². The van der Waals surface area contributed by atoms with E-state index in [1.54, 1.807) is 66.1 Å². The van der Waals surface area contributed by atoms with E-state index in [1.165, 1.54) is 16.2 Å². The number of aryl methyl sites for hydroxylation is 1. The van der Waals surface area contributed by atoms with Crippen molar-refractivity contribution < 1.29 is 23.9 Å². The van der Waals surface area contributed by atoms with Crippen molar-refractivity contribution in [1.82, 2.24) is 4.90 Å². The predicted octanol–water partition coefficient (Wildman–Crippen LogP) is 3.85. The van der Waals surface area contributed by atoms with Gasteiger partial charge < -0.3 is 20.3 Å². The third-order valence-electron chi connectivity index (χ3n) is 4.65. The molecule has 172 valence electrons. The summed E-state index contributed by atoms with van der Waals surface area (Å²) in [5.41, 5.74) is 1.30. The average Bonchev–Trinajstić information content (AvgIpc) is 2.98. The van der Waals surface area contributed by atoms with Gasteiger partial charge in [0.2, 0.25) is 5.91 Å². The molecule has 0 saturated heterocycles. The molecule has 2 N–H and O–H groups in total. The van der Waals surface area contributed by atoms with Crippen molar-refractivity contribution in [3.63, 3.8) is 0 Å². The van der Waals surface area contributed by atoms with Gasteiger partial charge in [0, 0.05) is 35.6 Å². The lowest BCUT2D eigenvalue weighted by molar-refractivity contribution is -0.123. The zero-order chi connectivity index (χ0) is 24.2. The number of rotatable bonds is 6. The molecule has 0 spiro atoms. The van der Waals surface area contributed by atoms with Crippen LogP contribution in [-0.4, -0.2) is 49.3 Å². The maximum Gasteiger partial charge on any atom is 0.341 e. The van der Waals surface area contributed by atoms with Crippen LogP contribution >= 0.6 is 11.3 Å². The van der Waals surface area contributed by atoms with E-state index in [4.69, 9.17) is 4.74 Å². The lowest BCUT2D eigenvalue weighted by atomic mass is 9.96. The first-order valence-electron chi connectivity index (χ1n) is 10.0. The van der Waals surface area contributed by atoms with Crippen molar-refractivity contribution in [1.29, 1.82) is 0 Å². The summed E-state index contributed by atoms with van der Waals surface area (Å²) in [4.78, 5) is 51.5. The van der Waals surface area contributed by atoms with Gasteiger partial charge in [-0.15, -0.1) is 11.3 Å². The molecule has 0 radical (unpaired) electrons. The van der Waals surface area contributed by atoms with Crippen molar-refractivity contribution in [3.8, 4) is 0 Å². The number of carbonyl (C=O) groups is 4. The minimum atomic E-state index is -0.682. The van der Waals surface area contributed by atoms with Gasteiger partial charge in [-0.05, 0) is 43.7 Å². The molecule has 32 heavy (non-hydrogen) atoms. The number of esters is 1. The SMILES string of the molecule is Cc1sc(NC(=O)C(C)(C)C)c(C(=O)OCC(=O)Nc2ccc(C(=O)N(C)C)cc2)c1C. The van der Waals surface area contributed by atoms with Crippen molar-refractivity contribution in [2.24, 2.45) is 5.41 Å². The Hall–Kier alpha value is -3.20. The summed E-state index contributed by atoms with van der Waals surface area (Å²) in [6.45, 7) is 8.47. The standard InChI is InChI=1S/C23H29N3O5S/c1-13-14(2)32-19(25-22(30)23(3,4)5)18(13)21(29)31-12-17(27)24-16-10-8-15(9-11-16)20(28)26(6)7/h8-11H,12H2,1-7H3,(H,24,27)(H,25,30). The van der Waals surface area contributed by atoms with Gasteiger partial charge in [0.25, 0.3) is 11.8 Å². The molecule has 0 aliphatic carbocycles. The third-order valence-corrected chi connectivity index (χ3v) is 5.78. The van der Waals surface area contributed by atoms with Gasteiger partial charge >= 0.3 is 5.97 Å². The number of carbonyl (C=O) groups excluding carboxylic acids is 4. The number of anilines is 2. The van der Waals surface area contributed by atoms with Gasteiger partial charge in [-0.1, -0.05) is 20.8 Å². The Morgan fingerprint density at radius 2 is 1.59 bits per heavy atom. The highest BCUT2D eigenvalue weighted by Gasteiger charge is 2.27. The van der Waals surface area contributed by atoms with Gasteiger partial charge in [0.05, 0.1) is 5.56 Å². The van der Waals surface area contributed by atoms with Crippen LogP contribution in [0.3, 0.4) is 0 Å². The number of hydrogen-bond acceptors (Lipinski definition) is 6. The number of nitrogens with one attached hydrogen (secondary N) is 2. The zero-order valence-electron chi connectivity index (χ0n) is 19.4. The van der Waals surface area contributed by atoms with Crippen molar-refractivity contribution in [3.05, 3.63) is 45.8 Å². The normalized spacial score (nSPS) is 11.0. The minimum absolute atomic E-state index is 0.146. The Kier molecular flexibility index (Phi) is 7.79. The van der Waals surface area contributed by atoms with E-state index >= 15 is 0 Å². The Balaban J connectivity index is 2.02. The first-order valence-corrected chi connectivity index (χ1v) is 10.8. The number of ether oxygens (including phenoxy) is 1. The van der Waals surface area contributed by atoms with Crippen LogP contribution in [0.1, 0.15) is 51.9 Å². The summed E-state index contributed by atoms with van der Waals surface area (Å²) in [6.07, 6.45) is 0. The minimum Gasteiger partial charge on any atom is -0.452 e. The molecule has 1 aromatic heterocycles. The van der Waals surface area contributed by atoms with Crippen LogP contribution in [0.5, 0.6) is 0 Å². The number of amides is 3. The molecular formula is C23H29N3O5S. The molecule has 0 aliphatic heterocycles. The van der Waals surface area contributed by atoms with Crippen LogP contribution in [0.2, 0.25) is 0 Å². The maximum atomic E-state index is 12.7. The average molecular weight is 460 g/mol. The Morgan fingerprint density at radius 3 is 2.12 bits per heavy atom. The molecule has 8 nitrogen and oxygen atoms in total. The highest BCUT2D eigenvalue weighted by molar-refractivity contribution is 7.16. The monoisotopic (exact) mass is 459 g/mol. The van der Waals surface area contributed by atoms with E-state index in [0.717, 1.165) is 4.88 Å². The first-order chi connectivity index (χ1) is 14.8. The van der Waals surface area contributed by atoms with Gasteiger partial charge in [0.15, 0.2) is 6.61 Å². The number of nitrogens with zero attached hydrogens (tertiary/aromatic N) is 1. The Bertz CT molecular complexity index is 1030. The fraction of sp³-hybridized carbons (Fsp3) is 0.391. The van der Waals surface area contributed by atoms with Crippen LogP contribution in [0.25, 0.3) is 0 Å². The summed E-state index contributed by atoms with van der Waals surface area (Å²) in [5, 5.41) is 5.82. The van der Waals surface area contributed by atoms with E-state index in [0.29, 0.717) is 21.8 Å². The van der Waals surface area contributed by atoms with E-state index in [9.17, 15) is 19.2 Å². The first kappa shape index (κ1) is 25.1. The van der Waals surface area contributed by atoms with E-state index < -0.39 is 23.9 Å². The molecule has 1 aromatic carbocycles. The van der Waals surface area contributed by atoms with Gasteiger partial charge in [0.1, 0.15) is 5.00 Å². The van der Waals surface area contributed by atoms with Gasteiger partial charge in [-0.25, -0.2) is 4.79 Å². The lowest BCUT2D eigenvalue weighted by Gasteiger charge is -2.17. The fourth-order valence-corrected chi connectivity index (χ4v) is 3.65. The van der Waals surface area contributed by atoms with E-state index in [1.807, 2.05) is 6.92 Å². The second-order valence-electron chi connectivity index (χ2n) is 8.59. The highest BCUT2D eigenvalue weighted by atomic mass is 32.1. The molecule has 1 heterocycles. The zero-order valence-corrected chi connectivity index (χ0v) is 20.2. The number of hydrogen-bond donors (Lipinski definition) is 2. The van der Waals surface area contributed by atoms with Crippen LogP contribution < -0.4 is 10.6 Å². The van der Waals surface area contributed by atoms with E-state index in [-0.39, 0.29) is 17.4 Å². The molecule has 0 bridgehead atoms. The predicted molar refractivity (Wildman–Crippen MR) is 125 cm³/mol.